The van der Waals surface area contributed by atoms with Crippen LogP contribution in [0.15, 0.2) is 0 Å². The summed E-state index contributed by atoms with van der Waals surface area (Å²) in [6.45, 7) is 4.65. The summed E-state index contributed by atoms with van der Waals surface area (Å²) in [7, 11) is 2.20. The van der Waals surface area contributed by atoms with E-state index in [0.29, 0.717) is 6.17 Å². The van der Waals surface area contributed by atoms with Crippen LogP contribution in [0, 0.1) is 0 Å². The maximum atomic E-state index is 3.47. The monoisotopic (exact) mass is 142 g/mol. The first kappa shape index (κ1) is 8.02. The summed E-state index contributed by atoms with van der Waals surface area (Å²) in [6, 6.07) is 0. The molecule has 1 heterocycles. The standard InChI is InChI=1S/C8H18N2/c1-3-7-10(2)8-5-4-6-9-8/h8-9H,3-7H2,1-2H3. The van der Waals surface area contributed by atoms with Crippen LogP contribution in [0.1, 0.15) is 26.2 Å². The fourth-order valence-electron chi connectivity index (χ4n) is 1.55. The van der Waals surface area contributed by atoms with Gasteiger partial charge in [-0.15, -0.1) is 0 Å². The molecule has 0 radical (unpaired) electrons. The van der Waals surface area contributed by atoms with Crippen LogP contribution in [0.3, 0.4) is 0 Å². The minimum absolute atomic E-state index is 0.667. The molecule has 1 unspecified atom stereocenters. The molecule has 0 aromatic carbocycles. The number of rotatable bonds is 3. The van der Waals surface area contributed by atoms with E-state index >= 15 is 0 Å². The molecule has 1 rings (SSSR count). The molecular weight excluding hydrogens is 124 g/mol. The second-order valence-corrected chi connectivity index (χ2v) is 3.09. The molecule has 0 spiro atoms. The maximum Gasteiger partial charge on any atom is 0.0595 e. The van der Waals surface area contributed by atoms with Gasteiger partial charge in [-0.05, 0) is 39.4 Å². The summed E-state index contributed by atoms with van der Waals surface area (Å²) < 4.78 is 0. The van der Waals surface area contributed by atoms with Crippen molar-refractivity contribution in [3.63, 3.8) is 0 Å². The number of nitrogens with zero attached hydrogens (tertiary/aromatic N) is 1. The van der Waals surface area contributed by atoms with E-state index in [0.717, 1.165) is 0 Å². The molecule has 2 nitrogen and oxygen atoms in total. The molecule has 0 amide bonds. The second-order valence-electron chi connectivity index (χ2n) is 3.09. The van der Waals surface area contributed by atoms with Crippen LogP contribution in [-0.2, 0) is 0 Å². The molecule has 10 heavy (non-hydrogen) atoms. The van der Waals surface area contributed by atoms with Crippen LogP contribution in [0.2, 0.25) is 0 Å². The van der Waals surface area contributed by atoms with Crippen LogP contribution in [0.4, 0.5) is 0 Å². The summed E-state index contributed by atoms with van der Waals surface area (Å²) in [5.41, 5.74) is 0. The van der Waals surface area contributed by atoms with E-state index in [2.05, 4.69) is 24.2 Å². The number of nitrogens with one attached hydrogen (secondary N) is 1. The van der Waals surface area contributed by atoms with Crippen molar-refractivity contribution in [3.8, 4) is 0 Å². The molecule has 0 aromatic heterocycles. The Kier molecular flexibility index (Phi) is 3.16. The highest BCUT2D eigenvalue weighted by Crippen LogP contribution is 2.08. The zero-order valence-corrected chi connectivity index (χ0v) is 7.06. The zero-order valence-electron chi connectivity index (χ0n) is 7.06. The third-order valence-corrected chi connectivity index (χ3v) is 2.14. The van der Waals surface area contributed by atoms with Crippen molar-refractivity contribution in [2.45, 2.75) is 32.4 Å². The molecule has 1 atom stereocenters. The van der Waals surface area contributed by atoms with Gasteiger partial charge in [-0.25, -0.2) is 0 Å². The van der Waals surface area contributed by atoms with Gasteiger partial charge in [0.15, 0.2) is 0 Å². The first-order valence-electron chi connectivity index (χ1n) is 4.28. The lowest BCUT2D eigenvalue weighted by atomic mass is 10.3. The van der Waals surface area contributed by atoms with Crippen LogP contribution in [0.25, 0.3) is 0 Å². The van der Waals surface area contributed by atoms with Gasteiger partial charge in [0.25, 0.3) is 0 Å². The second kappa shape index (κ2) is 3.94. The lowest BCUT2D eigenvalue weighted by molar-refractivity contribution is 0.226. The van der Waals surface area contributed by atoms with Crippen LogP contribution < -0.4 is 5.32 Å². The van der Waals surface area contributed by atoms with Gasteiger partial charge in [0.2, 0.25) is 0 Å². The lowest BCUT2D eigenvalue weighted by Gasteiger charge is -2.23. The van der Waals surface area contributed by atoms with Crippen molar-refractivity contribution in [3.05, 3.63) is 0 Å². The van der Waals surface area contributed by atoms with Gasteiger partial charge in [0.1, 0.15) is 0 Å². The third-order valence-electron chi connectivity index (χ3n) is 2.14. The molecule has 0 aromatic rings. The highest BCUT2D eigenvalue weighted by Gasteiger charge is 2.16. The van der Waals surface area contributed by atoms with Crippen molar-refractivity contribution in [2.75, 3.05) is 20.1 Å². The van der Waals surface area contributed by atoms with Crippen LogP contribution >= 0.6 is 0 Å². The molecule has 1 saturated heterocycles. The van der Waals surface area contributed by atoms with Crippen molar-refractivity contribution in [1.82, 2.24) is 10.2 Å². The molecule has 1 aliphatic rings. The van der Waals surface area contributed by atoms with E-state index in [9.17, 15) is 0 Å². The first-order chi connectivity index (χ1) is 4.84. The van der Waals surface area contributed by atoms with E-state index in [-0.39, 0.29) is 0 Å². The van der Waals surface area contributed by atoms with E-state index in [1.54, 1.807) is 0 Å². The minimum atomic E-state index is 0.667. The molecule has 0 aliphatic carbocycles. The maximum absolute atomic E-state index is 3.47. The van der Waals surface area contributed by atoms with Gasteiger partial charge in [0, 0.05) is 0 Å². The van der Waals surface area contributed by atoms with E-state index < -0.39 is 0 Å². The van der Waals surface area contributed by atoms with Gasteiger partial charge >= 0.3 is 0 Å². The van der Waals surface area contributed by atoms with Crippen molar-refractivity contribution < 1.29 is 0 Å². The highest BCUT2D eigenvalue weighted by atomic mass is 15.3. The molecule has 0 saturated carbocycles. The molecular formula is C8H18N2. The Morgan fingerprint density at radius 2 is 2.40 bits per heavy atom. The summed E-state index contributed by atoms with van der Waals surface area (Å²) in [5, 5.41) is 3.47. The predicted molar refractivity (Wildman–Crippen MR) is 43.9 cm³/mol. The number of hydrogen-bond donors (Lipinski definition) is 1. The smallest absolute Gasteiger partial charge is 0.0595 e. The van der Waals surface area contributed by atoms with E-state index in [4.69, 9.17) is 0 Å². The molecule has 1 N–H and O–H groups in total. The Morgan fingerprint density at radius 1 is 1.60 bits per heavy atom. The van der Waals surface area contributed by atoms with Crippen molar-refractivity contribution in [2.24, 2.45) is 0 Å². The Bertz CT molecular complexity index is 87.3. The van der Waals surface area contributed by atoms with E-state index in [1.807, 2.05) is 0 Å². The molecule has 1 aliphatic heterocycles. The topological polar surface area (TPSA) is 15.3 Å². The molecule has 60 valence electrons. The van der Waals surface area contributed by atoms with Crippen LogP contribution in [0.5, 0.6) is 0 Å². The van der Waals surface area contributed by atoms with Crippen LogP contribution in [-0.4, -0.2) is 31.2 Å². The van der Waals surface area contributed by atoms with Gasteiger partial charge in [-0.2, -0.15) is 0 Å². The summed E-state index contributed by atoms with van der Waals surface area (Å²) >= 11 is 0. The minimum Gasteiger partial charge on any atom is -0.302 e. The Morgan fingerprint density at radius 3 is 2.90 bits per heavy atom. The molecule has 2 heteroatoms. The highest BCUT2D eigenvalue weighted by molar-refractivity contribution is 4.72. The average Bonchev–Trinajstić information content (AvgIpc) is 2.38. The summed E-state index contributed by atoms with van der Waals surface area (Å²) in [4.78, 5) is 2.41. The van der Waals surface area contributed by atoms with Gasteiger partial charge in [0.05, 0.1) is 6.17 Å². The van der Waals surface area contributed by atoms with E-state index in [1.165, 1.54) is 32.4 Å². The van der Waals surface area contributed by atoms with Gasteiger partial charge in [-0.3, -0.25) is 4.90 Å². The Balaban J connectivity index is 2.18. The van der Waals surface area contributed by atoms with Crippen molar-refractivity contribution >= 4 is 0 Å². The van der Waals surface area contributed by atoms with Crippen molar-refractivity contribution in [1.29, 1.82) is 0 Å². The summed E-state index contributed by atoms with van der Waals surface area (Å²) in [6.07, 6.45) is 4.60. The summed E-state index contributed by atoms with van der Waals surface area (Å²) in [5.74, 6) is 0. The fraction of sp³-hybridized carbons (Fsp3) is 1.00. The normalized spacial score (nSPS) is 26.1. The lowest BCUT2D eigenvalue weighted by Crippen LogP contribution is -2.39. The molecule has 1 fully saturated rings. The first-order valence-corrected chi connectivity index (χ1v) is 4.28. The third kappa shape index (κ3) is 1.96. The molecule has 0 bridgehead atoms. The Hall–Kier alpha value is -0.0800. The largest absolute Gasteiger partial charge is 0.302 e. The quantitative estimate of drug-likeness (QED) is 0.633. The van der Waals surface area contributed by atoms with Gasteiger partial charge < -0.3 is 5.32 Å². The fourth-order valence-corrected chi connectivity index (χ4v) is 1.55. The average molecular weight is 142 g/mol. The predicted octanol–water partition coefficient (Wildman–Crippen LogP) is 1.04. The Labute approximate surface area is 63.6 Å². The zero-order chi connectivity index (χ0) is 7.40. The number of hydrogen-bond acceptors (Lipinski definition) is 2. The van der Waals surface area contributed by atoms with Gasteiger partial charge in [-0.1, -0.05) is 6.92 Å². The SMILES string of the molecule is CCCN(C)C1CCCN1.